The van der Waals surface area contributed by atoms with Crippen molar-refractivity contribution in [2.75, 3.05) is 13.1 Å². The van der Waals surface area contributed by atoms with Crippen molar-refractivity contribution in [1.29, 1.82) is 10.5 Å². The van der Waals surface area contributed by atoms with E-state index >= 15 is 0 Å². The van der Waals surface area contributed by atoms with E-state index in [4.69, 9.17) is 10.6 Å². The van der Waals surface area contributed by atoms with Crippen LogP contribution in [0.15, 0.2) is 66.7 Å². The average molecular weight is 502 g/mol. The quantitative estimate of drug-likeness (QED) is 0.274. The number of halogens is 2. The molecular formula is C29H27F2N4O2+. The number of hydrogen-bond donors (Lipinski definition) is 1. The Labute approximate surface area is 214 Å². The maximum Gasteiger partial charge on any atom is 0.536 e. The zero-order valence-corrected chi connectivity index (χ0v) is 20.2. The van der Waals surface area contributed by atoms with Crippen LogP contribution in [-0.2, 0) is 17.8 Å². The Balaban J connectivity index is 1.52. The number of rotatable bonds is 6. The van der Waals surface area contributed by atoms with Gasteiger partial charge in [0.25, 0.3) is 0 Å². The van der Waals surface area contributed by atoms with Crippen molar-refractivity contribution in [3.05, 3.63) is 106 Å². The van der Waals surface area contributed by atoms with Gasteiger partial charge in [0.15, 0.2) is 0 Å². The molecule has 3 aromatic carbocycles. The van der Waals surface area contributed by atoms with E-state index < -0.39 is 17.7 Å². The molecule has 3 aromatic rings. The molecule has 37 heavy (non-hydrogen) atoms. The third kappa shape index (κ3) is 6.00. The number of benzene rings is 3. The summed E-state index contributed by atoms with van der Waals surface area (Å²) >= 11 is 0. The zero-order valence-electron chi connectivity index (χ0n) is 20.2. The Morgan fingerprint density at radius 1 is 0.946 bits per heavy atom. The molecule has 4 rings (SSSR count). The number of hydrogen-bond acceptors (Lipinski definition) is 5. The Morgan fingerprint density at radius 2 is 1.57 bits per heavy atom. The molecule has 1 saturated heterocycles. The molecule has 1 fully saturated rings. The molecule has 0 aromatic heterocycles. The highest BCUT2D eigenvalue weighted by atomic mass is 19.1. The van der Waals surface area contributed by atoms with Gasteiger partial charge in [-0.1, -0.05) is 42.5 Å². The van der Waals surface area contributed by atoms with Gasteiger partial charge in [0.1, 0.15) is 43.5 Å². The van der Waals surface area contributed by atoms with E-state index in [-0.39, 0.29) is 34.2 Å². The molecule has 1 aliphatic heterocycles. The van der Waals surface area contributed by atoms with Gasteiger partial charge in [-0.3, -0.25) is 0 Å². The number of nitrogens with two attached hydrogens (primary N) is 1. The summed E-state index contributed by atoms with van der Waals surface area (Å²) in [6, 6.07) is 22.0. The number of piperidine rings is 1. The van der Waals surface area contributed by atoms with E-state index in [9.17, 15) is 24.1 Å². The smallest absolute Gasteiger partial charge is 0.414 e. The second-order valence-corrected chi connectivity index (χ2v) is 9.45. The Kier molecular flexibility index (Phi) is 7.93. The van der Waals surface area contributed by atoms with Crippen LogP contribution in [0.25, 0.3) is 0 Å². The first kappa shape index (κ1) is 26.0. The number of carbonyl (C=O) groups is 1. The normalized spacial score (nSPS) is 19.9. The van der Waals surface area contributed by atoms with Crippen molar-refractivity contribution in [3.8, 4) is 12.1 Å². The number of ether oxygens (including phenoxy) is 1. The zero-order chi connectivity index (χ0) is 26.4. The number of likely N-dealkylation sites (tertiary alicyclic amines) is 1. The van der Waals surface area contributed by atoms with Crippen LogP contribution in [0.4, 0.5) is 13.6 Å². The molecule has 0 saturated carbocycles. The highest BCUT2D eigenvalue weighted by molar-refractivity contribution is 5.59. The molecule has 1 aliphatic rings. The molecule has 1 unspecified atom stereocenters. The summed E-state index contributed by atoms with van der Waals surface area (Å²) in [5, 5.41) is 18.6. The minimum Gasteiger partial charge on any atom is -0.414 e. The third-order valence-electron chi connectivity index (χ3n) is 7.08. The van der Waals surface area contributed by atoms with Crippen LogP contribution < -0.4 is 5.84 Å². The molecule has 1 heterocycles. The van der Waals surface area contributed by atoms with Crippen LogP contribution in [0, 0.1) is 40.2 Å². The fourth-order valence-electron chi connectivity index (χ4n) is 4.94. The van der Waals surface area contributed by atoms with E-state index in [1.807, 2.05) is 42.5 Å². The van der Waals surface area contributed by atoms with Gasteiger partial charge >= 0.3 is 6.09 Å². The van der Waals surface area contributed by atoms with E-state index in [1.165, 1.54) is 18.2 Å². The van der Waals surface area contributed by atoms with Gasteiger partial charge in [-0.05, 0) is 59.2 Å². The van der Waals surface area contributed by atoms with Crippen molar-refractivity contribution in [3.63, 3.8) is 0 Å². The van der Waals surface area contributed by atoms with E-state index in [0.29, 0.717) is 32.4 Å². The van der Waals surface area contributed by atoms with Gasteiger partial charge in [-0.25, -0.2) is 8.78 Å². The largest absolute Gasteiger partial charge is 0.536 e. The van der Waals surface area contributed by atoms with Crippen LogP contribution in [0.3, 0.4) is 0 Å². The Bertz CT molecular complexity index is 1360. The molecule has 1 amide bonds. The second kappa shape index (κ2) is 11.3. The highest BCUT2D eigenvalue weighted by Crippen LogP contribution is 2.37. The first-order valence-corrected chi connectivity index (χ1v) is 12.1. The summed E-state index contributed by atoms with van der Waals surface area (Å²) in [7, 11) is 0. The van der Waals surface area contributed by atoms with Crippen molar-refractivity contribution in [2.24, 2.45) is 11.8 Å². The van der Waals surface area contributed by atoms with Gasteiger partial charge in [0.2, 0.25) is 0 Å². The second-order valence-electron chi connectivity index (χ2n) is 9.45. The summed E-state index contributed by atoms with van der Waals surface area (Å²) in [5.41, 5.74) is 2.30. The third-order valence-corrected chi connectivity index (χ3v) is 7.08. The van der Waals surface area contributed by atoms with Crippen molar-refractivity contribution in [2.45, 2.75) is 31.8 Å². The summed E-state index contributed by atoms with van der Waals surface area (Å²) in [6.45, 7) is 0.850. The minimum atomic E-state index is -0.596. The maximum absolute atomic E-state index is 14.1. The molecule has 8 heteroatoms. The molecular weight excluding hydrogens is 474 g/mol. The van der Waals surface area contributed by atoms with Crippen molar-refractivity contribution in [1.82, 2.24) is 0 Å². The standard InChI is InChI=1S/C29H27F2N4O2/c30-27-8-6-21(14-24(27)17-32)15-26(23-7-9-28(31)25(16-23)18-33)22-10-12-35(34,13-11-22)29(36)37-19-20-4-2-1-3-5-20/h1-9,14,16,22,26H,10-13,15,19,34H2/q+1. The lowest BCUT2D eigenvalue weighted by Gasteiger charge is -2.38. The van der Waals surface area contributed by atoms with Gasteiger partial charge in [-0.2, -0.15) is 21.2 Å². The molecule has 0 aliphatic carbocycles. The lowest BCUT2D eigenvalue weighted by atomic mass is 9.76. The van der Waals surface area contributed by atoms with Gasteiger partial charge < -0.3 is 4.74 Å². The predicted octanol–water partition coefficient (Wildman–Crippen LogP) is 5.47. The number of quaternary nitrogens is 1. The van der Waals surface area contributed by atoms with E-state index in [1.54, 1.807) is 18.2 Å². The molecule has 1 atom stereocenters. The number of carbonyl (C=O) groups excluding carboxylic acids is 1. The van der Waals surface area contributed by atoms with Crippen LogP contribution in [-0.4, -0.2) is 23.8 Å². The summed E-state index contributed by atoms with van der Waals surface area (Å²) in [6.07, 6.45) is 1.14. The van der Waals surface area contributed by atoms with Crippen LogP contribution in [0.5, 0.6) is 0 Å². The first-order chi connectivity index (χ1) is 17.8. The SMILES string of the molecule is N#Cc1cc(CC(c2ccc(F)c(C#N)c2)C2CC[N+](N)(C(=O)OCc3ccccc3)CC2)ccc1F. The van der Waals surface area contributed by atoms with Gasteiger partial charge in [-0.15, -0.1) is 4.59 Å². The van der Waals surface area contributed by atoms with Crippen molar-refractivity contribution >= 4 is 6.09 Å². The van der Waals surface area contributed by atoms with Crippen LogP contribution in [0.2, 0.25) is 0 Å². The monoisotopic (exact) mass is 501 g/mol. The van der Waals surface area contributed by atoms with Gasteiger partial charge in [0.05, 0.1) is 11.1 Å². The Hall–Kier alpha value is -4.11. The molecule has 6 nitrogen and oxygen atoms in total. The number of amides is 1. The summed E-state index contributed by atoms with van der Waals surface area (Å²) < 4.78 is 33.1. The predicted molar refractivity (Wildman–Crippen MR) is 132 cm³/mol. The number of nitriles is 2. The topological polar surface area (TPSA) is 99.9 Å². The molecule has 0 radical (unpaired) electrons. The van der Waals surface area contributed by atoms with Crippen LogP contribution in [0.1, 0.15) is 46.6 Å². The molecule has 0 spiro atoms. The van der Waals surface area contributed by atoms with Gasteiger partial charge in [0, 0.05) is 12.8 Å². The van der Waals surface area contributed by atoms with E-state index in [0.717, 1.165) is 16.7 Å². The maximum atomic E-state index is 14.1. The molecule has 188 valence electrons. The number of nitrogens with zero attached hydrogens (tertiary/aromatic N) is 3. The Morgan fingerprint density at radius 3 is 2.22 bits per heavy atom. The molecule has 2 N–H and O–H groups in total. The molecule has 0 bridgehead atoms. The van der Waals surface area contributed by atoms with E-state index in [2.05, 4.69) is 0 Å². The fourth-order valence-corrected chi connectivity index (χ4v) is 4.94. The average Bonchev–Trinajstić information content (AvgIpc) is 2.92. The van der Waals surface area contributed by atoms with Crippen molar-refractivity contribution < 1.29 is 22.9 Å². The summed E-state index contributed by atoms with van der Waals surface area (Å²) in [4.78, 5) is 12.8. The van der Waals surface area contributed by atoms with Crippen LogP contribution >= 0.6 is 0 Å². The summed E-state index contributed by atoms with van der Waals surface area (Å²) in [5.74, 6) is 5.15. The lowest BCUT2D eigenvalue weighted by Crippen LogP contribution is -2.62. The fraction of sp³-hybridized carbons (Fsp3) is 0.276. The highest BCUT2D eigenvalue weighted by Gasteiger charge is 2.42. The lowest BCUT2D eigenvalue weighted by molar-refractivity contribution is -0.876. The first-order valence-electron chi connectivity index (χ1n) is 12.1. The minimum absolute atomic E-state index is 0.0458.